The van der Waals surface area contributed by atoms with E-state index in [2.05, 4.69) is 10.6 Å². The predicted molar refractivity (Wildman–Crippen MR) is 112 cm³/mol. The Balaban J connectivity index is 1.74. The summed E-state index contributed by atoms with van der Waals surface area (Å²) in [4.78, 5) is 40.3. The third-order valence-electron chi connectivity index (χ3n) is 5.08. The number of carbonyl (C=O) groups is 3. The molecule has 1 aliphatic rings. The highest BCUT2D eigenvalue weighted by Crippen LogP contribution is 2.24. The van der Waals surface area contributed by atoms with Gasteiger partial charge in [0.25, 0.3) is 11.8 Å². The molecule has 0 unspecified atom stereocenters. The molecule has 9 heteroatoms. The third kappa shape index (κ3) is 5.70. The van der Waals surface area contributed by atoms with Crippen LogP contribution in [0.2, 0.25) is 0 Å². The molecule has 0 aromatic carbocycles. The van der Waals surface area contributed by atoms with Crippen molar-refractivity contribution in [2.45, 2.75) is 37.8 Å². The number of nitrogens with one attached hydrogen (secondary N) is 2. The fraction of sp³-hybridized carbons (Fsp3) is 0.476. The molecule has 0 aliphatic heterocycles. The molecule has 0 radical (unpaired) electrons. The Bertz CT molecular complexity index is 816. The number of carbonyl (C=O) groups excluding carboxylic acids is 3. The van der Waals surface area contributed by atoms with Gasteiger partial charge in [0.05, 0.1) is 24.3 Å². The summed E-state index contributed by atoms with van der Waals surface area (Å²) in [6.45, 7) is 0.209. The lowest BCUT2D eigenvalue weighted by Crippen LogP contribution is -2.49. The first-order valence-corrected chi connectivity index (χ1v) is 10.9. The van der Waals surface area contributed by atoms with Crippen molar-refractivity contribution in [2.75, 3.05) is 26.8 Å². The highest BCUT2D eigenvalue weighted by atomic mass is 32.1. The van der Waals surface area contributed by atoms with Crippen molar-refractivity contribution >= 4 is 29.1 Å². The number of ether oxygens (including phenoxy) is 1. The second kappa shape index (κ2) is 10.9. The predicted octanol–water partition coefficient (Wildman–Crippen LogP) is 2.35. The molecule has 3 rings (SSSR count). The first-order chi connectivity index (χ1) is 14.6. The minimum absolute atomic E-state index is 0.105. The Hall–Kier alpha value is -2.65. The van der Waals surface area contributed by atoms with Crippen LogP contribution in [0.3, 0.4) is 0 Å². The SMILES string of the molecule is COCCN(C(=O)CNC(=O)c1cccs1)[C@H](C(=O)NC1CCCC1)c1ccco1. The minimum atomic E-state index is -0.929. The van der Waals surface area contributed by atoms with Crippen molar-refractivity contribution < 1.29 is 23.5 Å². The van der Waals surface area contributed by atoms with E-state index >= 15 is 0 Å². The van der Waals surface area contributed by atoms with Gasteiger partial charge in [-0.25, -0.2) is 0 Å². The largest absolute Gasteiger partial charge is 0.467 e. The maximum absolute atomic E-state index is 13.1. The van der Waals surface area contributed by atoms with E-state index in [1.807, 2.05) is 0 Å². The van der Waals surface area contributed by atoms with Crippen LogP contribution in [-0.4, -0.2) is 55.5 Å². The monoisotopic (exact) mass is 433 g/mol. The summed E-state index contributed by atoms with van der Waals surface area (Å²) in [5.41, 5.74) is 0. The molecule has 1 saturated carbocycles. The van der Waals surface area contributed by atoms with Crippen LogP contribution in [0.1, 0.15) is 47.2 Å². The highest BCUT2D eigenvalue weighted by Gasteiger charge is 2.34. The van der Waals surface area contributed by atoms with Gasteiger partial charge in [0.15, 0.2) is 6.04 Å². The van der Waals surface area contributed by atoms with Crippen molar-refractivity contribution in [3.63, 3.8) is 0 Å². The number of hydrogen-bond acceptors (Lipinski definition) is 6. The van der Waals surface area contributed by atoms with Gasteiger partial charge >= 0.3 is 0 Å². The zero-order chi connectivity index (χ0) is 21.3. The molecule has 3 amide bonds. The summed E-state index contributed by atoms with van der Waals surface area (Å²) < 4.78 is 10.6. The molecule has 0 bridgehead atoms. The van der Waals surface area contributed by atoms with Gasteiger partial charge in [-0.3, -0.25) is 14.4 Å². The molecule has 8 nitrogen and oxygen atoms in total. The van der Waals surface area contributed by atoms with Crippen LogP contribution in [0.4, 0.5) is 0 Å². The van der Waals surface area contributed by atoms with Crippen molar-refractivity contribution in [1.82, 2.24) is 15.5 Å². The number of nitrogens with zero attached hydrogens (tertiary/aromatic N) is 1. The zero-order valence-corrected chi connectivity index (χ0v) is 17.8. The van der Waals surface area contributed by atoms with E-state index in [-0.39, 0.29) is 43.5 Å². The zero-order valence-electron chi connectivity index (χ0n) is 17.0. The van der Waals surface area contributed by atoms with Crippen LogP contribution in [0.25, 0.3) is 0 Å². The summed E-state index contributed by atoms with van der Waals surface area (Å²) in [6, 6.07) is 5.99. The fourth-order valence-electron chi connectivity index (χ4n) is 3.56. The van der Waals surface area contributed by atoms with Crippen molar-refractivity contribution in [3.8, 4) is 0 Å². The van der Waals surface area contributed by atoms with Crippen LogP contribution in [0.5, 0.6) is 0 Å². The second-order valence-corrected chi connectivity index (χ2v) is 8.10. The van der Waals surface area contributed by atoms with Crippen LogP contribution < -0.4 is 10.6 Å². The molecule has 1 atom stereocenters. The van der Waals surface area contributed by atoms with Gasteiger partial charge in [-0.1, -0.05) is 18.9 Å². The summed E-state index contributed by atoms with van der Waals surface area (Å²) in [6.07, 6.45) is 5.50. The fourth-order valence-corrected chi connectivity index (χ4v) is 4.20. The molecular formula is C21H27N3O5S. The van der Waals surface area contributed by atoms with Gasteiger partial charge in [0, 0.05) is 19.7 Å². The van der Waals surface area contributed by atoms with Crippen LogP contribution in [-0.2, 0) is 14.3 Å². The Morgan fingerprint density at radius 1 is 1.27 bits per heavy atom. The highest BCUT2D eigenvalue weighted by molar-refractivity contribution is 7.12. The average Bonchev–Trinajstić information content (AvgIpc) is 3.51. The van der Waals surface area contributed by atoms with E-state index in [0.717, 1.165) is 25.7 Å². The lowest BCUT2D eigenvalue weighted by atomic mass is 10.1. The number of amides is 3. The standard InChI is InChI=1S/C21H27N3O5S/c1-28-12-10-24(18(25)14-22-20(26)17-9-5-13-30-17)19(16-8-4-11-29-16)21(27)23-15-6-2-3-7-15/h4-5,8-9,11,13,15,19H,2-3,6-7,10,12,14H2,1H3,(H,22,26)(H,23,27)/t19-/m0/s1. The van der Waals surface area contributed by atoms with Crippen LogP contribution in [0.15, 0.2) is 40.3 Å². The molecule has 1 fully saturated rings. The summed E-state index contributed by atoms with van der Waals surface area (Å²) in [7, 11) is 1.53. The molecule has 2 aromatic rings. The van der Waals surface area contributed by atoms with E-state index in [1.54, 1.807) is 29.6 Å². The topological polar surface area (TPSA) is 101 Å². The maximum atomic E-state index is 13.1. The quantitative estimate of drug-likeness (QED) is 0.599. The molecule has 0 saturated heterocycles. The molecule has 1 aliphatic carbocycles. The molecule has 2 aromatic heterocycles. The number of methoxy groups -OCH3 is 1. The van der Waals surface area contributed by atoms with E-state index in [4.69, 9.17) is 9.15 Å². The Labute approximate surface area is 179 Å². The Morgan fingerprint density at radius 3 is 2.70 bits per heavy atom. The second-order valence-electron chi connectivity index (χ2n) is 7.15. The number of rotatable bonds is 10. The van der Waals surface area contributed by atoms with E-state index in [0.29, 0.717) is 10.6 Å². The van der Waals surface area contributed by atoms with Gasteiger partial charge < -0.3 is 24.7 Å². The maximum Gasteiger partial charge on any atom is 0.261 e. The molecule has 2 heterocycles. The average molecular weight is 434 g/mol. The number of furan rings is 1. The van der Waals surface area contributed by atoms with Crippen LogP contribution >= 0.6 is 11.3 Å². The Morgan fingerprint density at radius 2 is 2.07 bits per heavy atom. The van der Waals surface area contributed by atoms with E-state index in [9.17, 15) is 14.4 Å². The smallest absolute Gasteiger partial charge is 0.261 e. The normalized spacial score (nSPS) is 15.0. The van der Waals surface area contributed by atoms with Gasteiger partial charge in [-0.05, 0) is 36.4 Å². The minimum Gasteiger partial charge on any atom is -0.467 e. The lowest BCUT2D eigenvalue weighted by molar-refractivity contribution is -0.141. The number of thiophene rings is 1. The first kappa shape index (κ1) is 22.0. The van der Waals surface area contributed by atoms with Crippen molar-refractivity contribution in [3.05, 3.63) is 46.5 Å². The molecule has 2 N–H and O–H groups in total. The van der Waals surface area contributed by atoms with E-state index < -0.39 is 6.04 Å². The van der Waals surface area contributed by atoms with Gasteiger partial charge in [0.2, 0.25) is 5.91 Å². The lowest BCUT2D eigenvalue weighted by Gasteiger charge is -2.30. The molecule has 30 heavy (non-hydrogen) atoms. The number of hydrogen-bond donors (Lipinski definition) is 2. The summed E-state index contributed by atoms with van der Waals surface area (Å²) in [5.74, 6) is -0.625. The van der Waals surface area contributed by atoms with Gasteiger partial charge in [-0.15, -0.1) is 11.3 Å². The Kier molecular flexibility index (Phi) is 8.04. The van der Waals surface area contributed by atoms with Gasteiger partial charge in [0.1, 0.15) is 5.76 Å². The molecule has 0 spiro atoms. The third-order valence-corrected chi connectivity index (χ3v) is 5.94. The summed E-state index contributed by atoms with van der Waals surface area (Å²) >= 11 is 1.30. The van der Waals surface area contributed by atoms with Crippen molar-refractivity contribution in [2.24, 2.45) is 0 Å². The van der Waals surface area contributed by atoms with Crippen LogP contribution in [0, 0.1) is 0 Å². The summed E-state index contributed by atoms with van der Waals surface area (Å²) in [5, 5.41) is 7.47. The molecular weight excluding hydrogens is 406 g/mol. The van der Waals surface area contributed by atoms with Crippen molar-refractivity contribution in [1.29, 1.82) is 0 Å². The molecule has 162 valence electrons. The first-order valence-electron chi connectivity index (χ1n) is 10.0. The van der Waals surface area contributed by atoms with E-state index in [1.165, 1.54) is 29.6 Å². The van der Waals surface area contributed by atoms with Gasteiger partial charge in [-0.2, -0.15) is 0 Å².